The molecule has 190 valence electrons. The van der Waals surface area contributed by atoms with Gasteiger partial charge in [0.15, 0.2) is 0 Å². The highest BCUT2D eigenvalue weighted by Crippen LogP contribution is 2.38. The normalized spacial score (nSPS) is 13.0. The summed E-state index contributed by atoms with van der Waals surface area (Å²) >= 11 is 12.3. The molecule has 35 heavy (non-hydrogen) atoms. The second-order valence-electron chi connectivity index (χ2n) is 7.92. The first-order chi connectivity index (χ1) is 16.3. The number of carbonyl (C=O) groups is 2. The van der Waals surface area contributed by atoms with E-state index in [0.717, 1.165) is 9.80 Å². The number of amides is 2. The van der Waals surface area contributed by atoms with Gasteiger partial charge in [0, 0.05) is 13.6 Å². The maximum absolute atomic E-state index is 12.9. The van der Waals surface area contributed by atoms with Crippen molar-refractivity contribution >= 4 is 35.2 Å². The molecular weight excluding hydrogens is 508 g/mol. The summed E-state index contributed by atoms with van der Waals surface area (Å²) < 4.78 is 43.9. The minimum atomic E-state index is -4.72. The van der Waals surface area contributed by atoms with E-state index in [4.69, 9.17) is 27.9 Å². The topological polar surface area (TPSA) is 70.1 Å². The highest BCUT2D eigenvalue weighted by Gasteiger charge is 2.44. The number of carbonyl (C=O) groups excluding carboxylic acids is 1. The molecule has 2 amide bonds. The standard InChI is InChI=1S/C24H25Cl2F3N2O4/c1-4-10-23(17-8-9-19(25)20(26)12-17,15-30(2)21(32)13-24(27,28)29)31(22(33)34)14-16-6-5-7-18(11-16)35-3/h4-9,11-12H,1,10,13-15H2,2-3H3,(H,33,34)/t23-/m1/s1. The number of hydrogen-bond donors (Lipinski definition) is 1. The van der Waals surface area contributed by atoms with Crippen LogP contribution in [0, 0.1) is 0 Å². The van der Waals surface area contributed by atoms with Crippen LogP contribution in [-0.2, 0) is 16.9 Å². The Morgan fingerprint density at radius 2 is 1.83 bits per heavy atom. The molecule has 0 aliphatic heterocycles. The van der Waals surface area contributed by atoms with Gasteiger partial charge in [0.2, 0.25) is 5.91 Å². The minimum Gasteiger partial charge on any atom is -0.497 e. The number of hydrogen-bond acceptors (Lipinski definition) is 3. The quantitative estimate of drug-likeness (QED) is 0.361. The highest BCUT2D eigenvalue weighted by atomic mass is 35.5. The Hall–Kier alpha value is -2.91. The van der Waals surface area contributed by atoms with E-state index in [1.807, 2.05) is 0 Å². The summed E-state index contributed by atoms with van der Waals surface area (Å²) in [5.41, 5.74) is -0.644. The molecule has 0 aliphatic rings. The molecule has 0 unspecified atom stereocenters. The molecule has 0 saturated carbocycles. The summed E-state index contributed by atoms with van der Waals surface area (Å²) in [6, 6.07) is 11.1. The molecule has 0 fully saturated rings. The van der Waals surface area contributed by atoms with Gasteiger partial charge in [0.25, 0.3) is 0 Å². The highest BCUT2D eigenvalue weighted by molar-refractivity contribution is 6.42. The van der Waals surface area contributed by atoms with Crippen molar-refractivity contribution < 1.29 is 32.6 Å². The molecule has 0 bridgehead atoms. The fraction of sp³-hybridized carbons (Fsp3) is 0.333. The molecule has 2 aromatic carbocycles. The van der Waals surface area contributed by atoms with Crippen molar-refractivity contribution in [3.05, 3.63) is 76.3 Å². The third-order valence-corrected chi connectivity index (χ3v) is 6.18. The van der Waals surface area contributed by atoms with Crippen LogP contribution >= 0.6 is 23.2 Å². The fourth-order valence-electron chi connectivity index (χ4n) is 3.79. The molecule has 0 radical (unpaired) electrons. The van der Waals surface area contributed by atoms with Crippen LogP contribution in [0.5, 0.6) is 5.75 Å². The van der Waals surface area contributed by atoms with E-state index in [1.165, 1.54) is 38.4 Å². The first kappa shape index (κ1) is 28.3. The van der Waals surface area contributed by atoms with Crippen LogP contribution in [0.3, 0.4) is 0 Å². The smallest absolute Gasteiger partial charge is 0.408 e. The monoisotopic (exact) mass is 532 g/mol. The van der Waals surface area contributed by atoms with Crippen LogP contribution in [0.25, 0.3) is 0 Å². The van der Waals surface area contributed by atoms with Gasteiger partial charge in [-0.3, -0.25) is 9.69 Å². The second kappa shape index (κ2) is 11.7. The zero-order valence-electron chi connectivity index (χ0n) is 19.1. The van der Waals surface area contributed by atoms with Crippen LogP contribution in [0.4, 0.5) is 18.0 Å². The molecule has 2 rings (SSSR count). The fourth-order valence-corrected chi connectivity index (χ4v) is 4.09. The van der Waals surface area contributed by atoms with Gasteiger partial charge < -0.3 is 14.7 Å². The summed E-state index contributed by atoms with van der Waals surface area (Å²) in [4.78, 5) is 26.9. The van der Waals surface area contributed by atoms with Gasteiger partial charge in [0.1, 0.15) is 12.2 Å². The molecule has 1 atom stereocenters. The summed E-state index contributed by atoms with van der Waals surface area (Å²) in [5, 5.41) is 10.6. The van der Waals surface area contributed by atoms with Gasteiger partial charge in [-0.2, -0.15) is 13.2 Å². The number of likely N-dealkylation sites (N-methyl/N-ethyl adjacent to an activating group) is 1. The van der Waals surface area contributed by atoms with Crippen LogP contribution < -0.4 is 4.74 Å². The average molecular weight is 533 g/mol. The zero-order valence-corrected chi connectivity index (χ0v) is 20.6. The van der Waals surface area contributed by atoms with E-state index >= 15 is 0 Å². The van der Waals surface area contributed by atoms with Gasteiger partial charge in [-0.05, 0) is 41.8 Å². The molecule has 0 spiro atoms. The van der Waals surface area contributed by atoms with Crippen molar-refractivity contribution in [3.63, 3.8) is 0 Å². The van der Waals surface area contributed by atoms with Gasteiger partial charge in [-0.15, -0.1) is 6.58 Å². The Bertz CT molecular complexity index is 1080. The van der Waals surface area contributed by atoms with E-state index in [0.29, 0.717) is 16.9 Å². The number of carboxylic acid groups (broad SMARTS) is 1. The number of rotatable bonds is 10. The predicted octanol–water partition coefficient (Wildman–Crippen LogP) is 6.36. The van der Waals surface area contributed by atoms with Gasteiger partial charge in [-0.25, -0.2) is 4.79 Å². The first-order valence-corrected chi connectivity index (χ1v) is 11.1. The third-order valence-electron chi connectivity index (χ3n) is 5.44. The van der Waals surface area contributed by atoms with Crippen LogP contribution in [0.15, 0.2) is 55.1 Å². The number of alkyl halides is 3. The van der Waals surface area contributed by atoms with E-state index in [1.54, 1.807) is 24.3 Å². The minimum absolute atomic E-state index is 0.0368. The molecule has 6 nitrogen and oxygen atoms in total. The van der Waals surface area contributed by atoms with Crippen molar-refractivity contribution in [1.82, 2.24) is 9.80 Å². The molecule has 1 N–H and O–H groups in total. The zero-order chi connectivity index (χ0) is 26.4. The maximum Gasteiger partial charge on any atom is 0.408 e. The lowest BCUT2D eigenvalue weighted by atomic mass is 9.83. The lowest BCUT2D eigenvalue weighted by molar-refractivity contribution is -0.161. The van der Waals surface area contributed by atoms with E-state index in [-0.39, 0.29) is 23.0 Å². The molecule has 0 aliphatic carbocycles. The van der Waals surface area contributed by atoms with Crippen molar-refractivity contribution in [3.8, 4) is 5.75 Å². The maximum atomic E-state index is 12.9. The molecule has 0 heterocycles. The van der Waals surface area contributed by atoms with E-state index in [9.17, 15) is 27.9 Å². The summed E-state index contributed by atoms with van der Waals surface area (Å²) in [6.45, 7) is 3.15. The number of methoxy groups -OCH3 is 1. The van der Waals surface area contributed by atoms with Crippen LogP contribution in [0.2, 0.25) is 10.0 Å². The second-order valence-corrected chi connectivity index (χ2v) is 8.73. The van der Waals surface area contributed by atoms with E-state index in [2.05, 4.69) is 6.58 Å². The van der Waals surface area contributed by atoms with Crippen molar-refractivity contribution in [1.29, 1.82) is 0 Å². The Balaban J connectivity index is 2.67. The lowest BCUT2D eigenvalue weighted by Gasteiger charge is -2.45. The average Bonchev–Trinajstić information content (AvgIpc) is 2.77. The number of ether oxygens (including phenoxy) is 1. The Morgan fingerprint density at radius 3 is 2.37 bits per heavy atom. The Morgan fingerprint density at radius 1 is 1.14 bits per heavy atom. The Kier molecular flexibility index (Phi) is 9.45. The van der Waals surface area contributed by atoms with Crippen LogP contribution in [0.1, 0.15) is 24.0 Å². The molecule has 11 heteroatoms. The predicted molar refractivity (Wildman–Crippen MR) is 128 cm³/mol. The molecule has 2 aromatic rings. The number of halogens is 5. The number of benzene rings is 2. The van der Waals surface area contributed by atoms with Gasteiger partial charge in [0.05, 0.1) is 29.2 Å². The largest absolute Gasteiger partial charge is 0.497 e. The van der Waals surface area contributed by atoms with Gasteiger partial charge in [-0.1, -0.05) is 47.5 Å². The summed E-state index contributed by atoms with van der Waals surface area (Å²) in [6.07, 6.45) is -6.37. The Labute approximate surface area is 211 Å². The van der Waals surface area contributed by atoms with Crippen molar-refractivity contribution in [2.75, 3.05) is 20.7 Å². The SMILES string of the molecule is C=CC[C@@](CN(C)C(=O)CC(F)(F)F)(c1ccc(Cl)c(Cl)c1)N(Cc1cccc(OC)c1)C(=O)O. The molecule has 0 aromatic heterocycles. The van der Waals surface area contributed by atoms with E-state index < -0.39 is 36.7 Å². The molecule has 0 saturated heterocycles. The van der Waals surface area contributed by atoms with Crippen molar-refractivity contribution in [2.24, 2.45) is 0 Å². The van der Waals surface area contributed by atoms with Gasteiger partial charge >= 0.3 is 12.3 Å². The van der Waals surface area contributed by atoms with Crippen LogP contribution in [-0.4, -0.2) is 53.8 Å². The summed E-state index contributed by atoms with van der Waals surface area (Å²) in [7, 11) is 2.65. The first-order valence-electron chi connectivity index (χ1n) is 10.3. The number of nitrogens with zero attached hydrogens (tertiary/aromatic N) is 2. The molecular formula is C24H25Cl2F3N2O4. The lowest BCUT2D eigenvalue weighted by Crippen LogP contribution is -2.55. The third kappa shape index (κ3) is 7.29. The summed E-state index contributed by atoms with van der Waals surface area (Å²) in [5.74, 6) is -0.716. The van der Waals surface area contributed by atoms with Crippen molar-refractivity contribution in [2.45, 2.75) is 31.1 Å².